The van der Waals surface area contributed by atoms with Crippen LogP contribution in [0.1, 0.15) is 57.3 Å². The molecule has 8 heteroatoms. The van der Waals surface area contributed by atoms with E-state index in [0.29, 0.717) is 5.56 Å². The van der Waals surface area contributed by atoms with Crippen LogP contribution in [0.5, 0.6) is 0 Å². The molecule has 0 unspecified atom stereocenters. The fourth-order valence-corrected chi connectivity index (χ4v) is 4.63. The molecule has 1 heterocycles. The van der Waals surface area contributed by atoms with Crippen molar-refractivity contribution in [1.82, 2.24) is 14.9 Å². The standard InChI is InChI=1S/C19H31N3O3S.ClH/c1-5-14-22(16-10-12-20-13-11-16)18(23)15-6-8-17(9-7-15)26(24,25)21-19(2,3)4;/h6-9,16,20-21H,5,10-14H2,1-4H3;1H. The molecule has 154 valence electrons. The summed E-state index contributed by atoms with van der Waals surface area (Å²) in [6.45, 7) is 10.0. The Kier molecular flexibility index (Phi) is 8.73. The number of hydrogen-bond acceptors (Lipinski definition) is 4. The molecule has 27 heavy (non-hydrogen) atoms. The Morgan fingerprint density at radius 1 is 1.19 bits per heavy atom. The van der Waals surface area contributed by atoms with Crippen molar-refractivity contribution in [3.05, 3.63) is 29.8 Å². The highest BCUT2D eigenvalue weighted by atomic mass is 35.5. The predicted octanol–water partition coefficient (Wildman–Crippen LogP) is 2.79. The van der Waals surface area contributed by atoms with Crippen LogP contribution in [0.2, 0.25) is 0 Å². The van der Waals surface area contributed by atoms with E-state index in [1.54, 1.807) is 32.9 Å². The highest BCUT2D eigenvalue weighted by Crippen LogP contribution is 2.19. The molecular weight excluding hydrogens is 386 g/mol. The number of sulfonamides is 1. The van der Waals surface area contributed by atoms with Gasteiger partial charge in [0.25, 0.3) is 5.91 Å². The summed E-state index contributed by atoms with van der Waals surface area (Å²) in [6.07, 6.45) is 2.80. The van der Waals surface area contributed by atoms with Gasteiger partial charge in [0.1, 0.15) is 0 Å². The zero-order chi connectivity index (χ0) is 19.4. The molecule has 0 aliphatic carbocycles. The lowest BCUT2D eigenvalue weighted by molar-refractivity contribution is 0.0642. The number of halogens is 1. The van der Waals surface area contributed by atoms with Crippen molar-refractivity contribution in [2.45, 2.75) is 63.4 Å². The first kappa shape index (κ1) is 23.9. The minimum absolute atomic E-state index is 0. The number of hydrogen-bond donors (Lipinski definition) is 2. The minimum atomic E-state index is -3.59. The van der Waals surface area contributed by atoms with Crippen LogP contribution in [0, 0.1) is 0 Å². The third-order valence-electron chi connectivity index (χ3n) is 4.33. The number of benzene rings is 1. The number of nitrogens with zero attached hydrogens (tertiary/aromatic N) is 1. The zero-order valence-electron chi connectivity index (χ0n) is 16.6. The van der Waals surface area contributed by atoms with Crippen molar-refractivity contribution in [1.29, 1.82) is 0 Å². The highest BCUT2D eigenvalue weighted by molar-refractivity contribution is 7.89. The van der Waals surface area contributed by atoms with Crippen molar-refractivity contribution in [2.24, 2.45) is 0 Å². The molecule has 2 N–H and O–H groups in total. The van der Waals surface area contributed by atoms with E-state index in [2.05, 4.69) is 17.0 Å². The van der Waals surface area contributed by atoms with Crippen LogP contribution in [0.3, 0.4) is 0 Å². The van der Waals surface area contributed by atoms with Crippen molar-refractivity contribution in [2.75, 3.05) is 19.6 Å². The summed E-state index contributed by atoms with van der Waals surface area (Å²) in [6, 6.07) is 6.49. The van der Waals surface area contributed by atoms with Crippen LogP contribution < -0.4 is 10.0 Å². The number of carbonyl (C=O) groups excluding carboxylic acids is 1. The summed E-state index contributed by atoms with van der Waals surface area (Å²) >= 11 is 0. The van der Waals surface area contributed by atoms with Gasteiger partial charge in [0, 0.05) is 23.7 Å². The lowest BCUT2D eigenvalue weighted by atomic mass is 10.0. The van der Waals surface area contributed by atoms with E-state index in [0.717, 1.165) is 38.9 Å². The summed E-state index contributed by atoms with van der Waals surface area (Å²) in [5.41, 5.74) is -0.0213. The van der Waals surface area contributed by atoms with Gasteiger partial charge in [0.05, 0.1) is 4.90 Å². The van der Waals surface area contributed by atoms with Gasteiger partial charge in [-0.25, -0.2) is 13.1 Å². The molecule has 0 saturated carbocycles. The van der Waals surface area contributed by atoms with E-state index in [9.17, 15) is 13.2 Å². The zero-order valence-corrected chi connectivity index (χ0v) is 18.3. The monoisotopic (exact) mass is 417 g/mol. The van der Waals surface area contributed by atoms with E-state index < -0.39 is 15.6 Å². The Morgan fingerprint density at radius 3 is 2.22 bits per heavy atom. The molecule has 0 aromatic heterocycles. The Hall–Kier alpha value is -1.15. The Balaban J connectivity index is 0.00000364. The minimum Gasteiger partial charge on any atom is -0.336 e. The predicted molar refractivity (Wildman–Crippen MR) is 111 cm³/mol. The molecule has 6 nitrogen and oxygen atoms in total. The molecule has 1 saturated heterocycles. The molecule has 0 spiro atoms. The average molecular weight is 418 g/mol. The first-order chi connectivity index (χ1) is 12.1. The summed E-state index contributed by atoms with van der Waals surface area (Å²) < 4.78 is 27.4. The second-order valence-corrected chi connectivity index (χ2v) is 9.54. The maximum Gasteiger partial charge on any atom is 0.254 e. The first-order valence-corrected chi connectivity index (χ1v) is 10.8. The number of nitrogens with one attached hydrogen (secondary N) is 2. The molecule has 1 aromatic carbocycles. The van der Waals surface area contributed by atoms with Crippen LogP contribution in [-0.2, 0) is 10.0 Å². The van der Waals surface area contributed by atoms with Gasteiger partial charge in [-0.15, -0.1) is 12.4 Å². The maximum atomic E-state index is 13.0. The van der Waals surface area contributed by atoms with Crippen LogP contribution in [0.4, 0.5) is 0 Å². The molecular formula is C19H32ClN3O3S. The molecule has 1 aliphatic rings. The molecule has 0 bridgehead atoms. The van der Waals surface area contributed by atoms with E-state index in [1.807, 2.05) is 4.90 Å². The lowest BCUT2D eigenvalue weighted by Gasteiger charge is -2.34. The molecule has 0 radical (unpaired) electrons. The smallest absolute Gasteiger partial charge is 0.254 e. The topological polar surface area (TPSA) is 78.5 Å². The second kappa shape index (κ2) is 9.87. The van der Waals surface area contributed by atoms with Crippen LogP contribution in [0.15, 0.2) is 29.2 Å². The van der Waals surface area contributed by atoms with Crippen molar-refractivity contribution in [3.63, 3.8) is 0 Å². The number of carbonyl (C=O) groups is 1. The number of rotatable bonds is 6. The molecule has 0 atom stereocenters. The third kappa shape index (κ3) is 6.75. The van der Waals surface area contributed by atoms with Crippen molar-refractivity contribution >= 4 is 28.3 Å². The second-order valence-electron chi connectivity index (χ2n) is 7.86. The van der Waals surface area contributed by atoms with Gasteiger partial charge in [-0.05, 0) is 77.4 Å². The largest absolute Gasteiger partial charge is 0.336 e. The fourth-order valence-electron chi connectivity index (χ4n) is 3.21. The van der Waals surface area contributed by atoms with Gasteiger partial charge in [-0.1, -0.05) is 6.92 Å². The van der Waals surface area contributed by atoms with E-state index >= 15 is 0 Å². The third-order valence-corrected chi connectivity index (χ3v) is 6.10. The van der Waals surface area contributed by atoms with Gasteiger partial charge < -0.3 is 10.2 Å². The van der Waals surface area contributed by atoms with Gasteiger partial charge in [0.2, 0.25) is 10.0 Å². The summed E-state index contributed by atoms with van der Waals surface area (Å²) in [7, 11) is -3.59. The van der Waals surface area contributed by atoms with Gasteiger partial charge in [0.15, 0.2) is 0 Å². The first-order valence-electron chi connectivity index (χ1n) is 9.30. The van der Waals surface area contributed by atoms with E-state index in [4.69, 9.17) is 0 Å². The van der Waals surface area contributed by atoms with Crippen LogP contribution in [0.25, 0.3) is 0 Å². The Labute approximate surface area is 169 Å². The van der Waals surface area contributed by atoms with Crippen molar-refractivity contribution in [3.8, 4) is 0 Å². The summed E-state index contributed by atoms with van der Waals surface area (Å²) in [4.78, 5) is 15.1. The van der Waals surface area contributed by atoms with E-state index in [-0.39, 0.29) is 29.3 Å². The quantitative estimate of drug-likeness (QED) is 0.745. The maximum absolute atomic E-state index is 13.0. The van der Waals surface area contributed by atoms with Crippen LogP contribution >= 0.6 is 12.4 Å². The number of amides is 1. The van der Waals surface area contributed by atoms with Crippen LogP contribution in [-0.4, -0.2) is 50.4 Å². The van der Waals surface area contributed by atoms with E-state index in [1.165, 1.54) is 12.1 Å². The molecule has 2 rings (SSSR count). The average Bonchev–Trinajstić information content (AvgIpc) is 2.58. The SMILES string of the molecule is CCCN(C(=O)c1ccc(S(=O)(=O)NC(C)(C)C)cc1)C1CCNCC1.Cl. The van der Waals surface area contributed by atoms with Gasteiger partial charge in [-0.3, -0.25) is 4.79 Å². The van der Waals surface area contributed by atoms with Crippen molar-refractivity contribution < 1.29 is 13.2 Å². The van der Waals surface area contributed by atoms with Gasteiger partial charge >= 0.3 is 0 Å². The normalized spacial score (nSPS) is 15.9. The Morgan fingerprint density at radius 2 is 1.74 bits per heavy atom. The lowest BCUT2D eigenvalue weighted by Crippen LogP contribution is -2.46. The number of piperidine rings is 1. The molecule has 1 amide bonds. The summed E-state index contributed by atoms with van der Waals surface area (Å²) in [5.74, 6) is -0.0218. The molecule has 1 aromatic rings. The summed E-state index contributed by atoms with van der Waals surface area (Å²) in [5, 5.41) is 3.32. The molecule has 1 aliphatic heterocycles. The Bertz CT molecular complexity index is 709. The molecule has 1 fully saturated rings. The van der Waals surface area contributed by atoms with Gasteiger partial charge in [-0.2, -0.15) is 0 Å². The fraction of sp³-hybridized carbons (Fsp3) is 0.632. The highest BCUT2D eigenvalue weighted by Gasteiger charge is 2.26.